The van der Waals surface area contributed by atoms with E-state index in [0.717, 1.165) is 12.8 Å². The Kier molecular flexibility index (Phi) is 8.91. The third kappa shape index (κ3) is 7.39. The summed E-state index contributed by atoms with van der Waals surface area (Å²) in [5.74, 6) is -1.72. The van der Waals surface area contributed by atoms with Crippen molar-refractivity contribution in [3.05, 3.63) is 0 Å². The minimum Gasteiger partial charge on any atom is -0.394 e. The fourth-order valence-electron chi connectivity index (χ4n) is 1.96. The zero-order chi connectivity index (χ0) is 17.5. The molecule has 1 rings (SSSR count). The van der Waals surface area contributed by atoms with Gasteiger partial charge in [-0.05, 0) is 12.3 Å². The molecule has 0 aliphatic carbocycles. The number of nitrogens with two attached hydrogens (primary N) is 1. The summed E-state index contributed by atoms with van der Waals surface area (Å²) < 4.78 is 37.6. The first kappa shape index (κ1) is 21.1. The van der Waals surface area contributed by atoms with Crippen LogP contribution in [-0.2, 0) is 9.53 Å². The Hall–Kier alpha value is -0.900. The first-order chi connectivity index (χ1) is 10.0. The number of hydrogen-bond donors (Lipinski definition) is 4. The number of amides is 1. The molecule has 0 spiro atoms. The van der Waals surface area contributed by atoms with Gasteiger partial charge < -0.3 is 25.8 Å². The Balaban J connectivity index is 0.000000534. The number of hydrogen-bond acceptors (Lipinski definition) is 5. The number of alkyl halides is 3. The van der Waals surface area contributed by atoms with Gasteiger partial charge in [0.2, 0.25) is 0 Å². The van der Waals surface area contributed by atoms with E-state index >= 15 is 0 Å². The van der Waals surface area contributed by atoms with Crippen LogP contribution in [0.15, 0.2) is 0 Å². The molecule has 1 fully saturated rings. The van der Waals surface area contributed by atoms with E-state index in [0.29, 0.717) is 12.3 Å². The minimum absolute atomic E-state index is 0.0458. The molecule has 1 aliphatic heterocycles. The number of carbonyl (C=O) groups is 1. The molecular formula is C13H24F3NO5. The summed E-state index contributed by atoms with van der Waals surface area (Å²) in [5, 5.41) is 28.1. The van der Waals surface area contributed by atoms with Crippen molar-refractivity contribution >= 4 is 5.91 Å². The van der Waals surface area contributed by atoms with Gasteiger partial charge in [0.05, 0.1) is 18.8 Å². The Bertz CT molecular complexity index is 338. The highest BCUT2D eigenvalue weighted by Crippen LogP contribution is 2.25. The molecule has 22 heavy (non-hydrogen) atoms. The molecule has 0 aromatic rings. The van der Waals surface area contributed by atoms with E-state index < -0.39 is 30.4 Å². The largest absolute Gasteiger partial charge is 0.470 e. The number of rotatable bonds is 4. The lowest BCUT2D eigenvalue weighted by Gasteiger charge is -2.37. The van der Waals surface area contributed by atoms with Crippen molar-refractivity contribution < 1.29 is 38.0 Å². The highest BCUT2D eigenvalue weighted by atomic mass is 19.4. The van der Waals surface area contributed by atoms with E-state index in [2.05, 4.69) is 19.6 Å². The van der Waals surface area contributed by atoms with Crippen LogP contribution in [0.3, 0.4) is 0 Å². The number of carbonyl (C=O) groups excluding carboxylic acids is 1. The van der Waals surface area contributed by atoms with Crippen molar-refractivity contribution in [2.45, 2.75) is 63.7 Å². The fourth-order valence-corrected chi connectivity index (χ4v) is 1.96. The van der Waals surface area contributed by atoms with Crippen molar-refractivity contribution in [1.29, 1.82) is 0 Å². The van der Waals surface area contributed by atoms with Gasteiger partial charge in [0.1, 0.15) is 12.2 Å². The predicted molar refractivity (Wildman–Crippen MR) is 71.7 cm³/mol. The van der Waals surface area contributed by atoms with Gasteiger partial charge in [-0.1, -0.05) is 20.3 Å². The van der Waals surface area contributed by atoms with Crippen LogP contribution in [0.5, 0.6) is 0 Å². The van der Waals surface area contributed by atoms with E-state index in [1.165, 1.54) is 0 Å². The van der Waals surface area contributed by atoms with Gasteiger partial charge in [-0.25, -0.2) is 0 Å². The maximum absolute atomic E-state index is 10.7. The molecule has 9 heteroatoms. The molecule has 0 aromatic heterocycles. The maximum atomic E-state index is 10.7. The molecule has 6 nitrogen and oxygen atoms in total. The summed E-state index contributed by atoms with van der Waals surface area (Å²) in [5.41, 5.74) is 3.81. The SMILES string of the molecule is CCC(C)CC1C[C@@H](O)[C@@H](O)[C@@H](CO)O1.NC(=O)C(F)(F)F. The second kappa shape index (κ2) is 9.29. The van der Waals surface area contributed by atoms with Crippen LogP contribution in [0.4, 0.5) is 13.2 Å². The summed E-state index contributed by atoms with van der Waals surface area (Å²) in [6.45, 7) is 4.01. The van der Waals surface area contributed by atoms with E-state index in [-0.39, 0.29) is 12.7 Å². The van der Waals surface area contributed by atoms with Gasteiger partial charge >= 0.3 is 12.1 Å². The fraction of sp³-hybridized carbons (Fsp3) is 0.923. The van der Waals surface area contributed by atoms with Gasteiger partial charge in [-0.15, -0.1) is 0 Å². The second-order valence-corrected chi connectivity index (χ2v) is 5.38. The Labute approximate surface area is 127 Å². The molecule has 5 atom stereocenters. The summed E-state index contributed by atoms with van der Waals surface area (Å²) in [6, 6.07) is 0. The van der Waals surface area contributed by atoms with E-state index in [1.54, 1.807) is 0 Å². The minimum atomic E-state index is -4.86. The molecule has 0 saturated carbocycles. The quantitative estimate of drug-likeness (QED) is 0.593. The first-order valence-corrected chi connectivity index (χ1v) is 7.01. The van der Waals surface area contributed by atoms with Gasteiger partial charge in [0.25, 0.3) is 0 Å². The summed E-state index contributed by atoms with van der Waals surface area (Å²) in [4.78, 5) is 9.12. The lowest BCUT2D eigenvalue weighted by molar-refractivity contribution is -0.182. The van der Waals surface area contributed by atoms with Crippen molar-refractivity contribution in [2.75, 3.05) is 6.61 Å². The molecule has 1 aliphatic rings. The van der Waals surface area contributed by atoms with Crippen LogP contribution in [0, 0.1) is 5.92 Å². The Morgan fingerprint density at radius 1 is 1.41 bits per heavy atom. The molecule has 0 aromatic carbocycles. The van der Waals surface area contributed by atoms with Crippen molar-refractivity contribution in [3.8, 4) is 0 Å². The Morgan fingerprint density at radius 3 is 2.27 bits per heavy atom. The predicted octanol–water partition coefficient (Wildman–Crippen LogP) is 0.328. The average Bonchev–Trinajstić information content (AvgIpc) is 2.42. The van der Waals surface area contributed by atoms with Crippen LogP contribution in [0.2, 0.25) is 0 Å². The van der Waals surface area contributed by atoms with Crippen LogP contribution in [-0.4, -0.2) is 58.4 Å². The molecular weight excluding hydrogens is 307 g/mol. The van der Waals surface area contributed by atoms with Gasteiger partial charge in [-0.3, -0.25) is 4.79 Å². The number of primary amides is 1. The number of aliphatic hydroxyl groups is 3. The molecule has 2 unspecified atom stereocenters. The highest BCUT2D eigenvalue weighted by Gasteiger charge is 2.36. The van der Waals surface area contributed by atoms with E-state index in [9.17, 15) is 23.4 Å². The van der Waals surface area contributed by atoms with E-state index in [1.807, 2.05) is 0 Å². The zero-order valence-electron chi connectivity index (χ0n) is 12.6. The first-order valence-electron chi connectivity index (χ1n) is 7.01. The molecule has 1 amide bonds. The van der Waals surface area contributed by atoms with Gasteiger partial charge in [0, 0.05) is 6.42 Å². The monoisotopic (exact) mass is 331 g/mol. The molecule has 0 radical (unpaired) electrons. The van der Waals surface area contributed by atoms with Crippen molar-refractivity contribution in [3.63, 3.8) is 0 Å². The lowest BCUT2D eigenvalue weighted by Crippen LogP contribution is -2.50. The smallest absolute Gasteiger partial charge is 0.394 e. The number of halogens is 3. The topological polar surface area (TPSA) is 113 Å². The number of aliphatic hydroxyl groups excluding tert-OH is 3. The summed E-state index contributed by atoms with van der Waals surface area (Å²) in [7, 11) is 0. The second-order valence-electron chi connectivity index (χ2n) is 5.38. The van der Waals surface area contributed by atoms with Crippen molar-refractivity contribution in [2.24, 2.45) is 11.7 Å². The normalized spacial score (nSPS) is 30.2. The average molecular weight is 331 g/mol. The van der Waals surface area contributed by atoms with Crippen LogP contribution >= 0.6 is 0 Å². The molecule has 0 bridgehead atoms. The zero-order valence-corrected chi connectivity index (χ0v) is 12.6. The summed E-state index contributed by atoms with van der Waals surface area (Å²) in [6.07, 6.45) is -4.87. The standard InChI is InChI=1S/C11H22O4.C2H2F3NO/c1-3-7(2)4-8-5-9(13)11(14)10(6-12)15-8;3-2(4,5)1(6)7/h7-14H,3-6H2,1-2H3;(H2,6,7)/t7?,8?,9-,10-,11-;/m1./s1. The van der Waals surface area contributed by atoms with Crippen molar-refractivity contribution in [1.82, 2.24) is 0 Å². The number of ether oxygens (including phenoxy) is 1. The highest BCUT2D eigenvalue weighted by molar-refractivity contribution is 5.79. The Morgan fingerprint density at radius 2 is 1.91 bits per heavy atom. The third-order valence-corrected chi connectivity index (χ3v) is 3.47. The van der Waals surface area contributed by atoms with Gasteiger partial charge in [0.15, 0.2) is 0 Å². The lowest BCUT2D eigenvalue weighted by atomic mass is 9.92. The maximum Gasteiger partial charge on any atom is 0.470 e. The van der Waals surface area contributed by atoms with Crippen LogP contribution < -0.4 is 5.73 Å². The molecule has 1 heterocycles. The summed E-state index contributed by atoms with van der Waals surface area (Å²) >= 11 is 0. The van der Waals surface area contributed by atoms with Crippen LogP contribution in [0.25, 0.3) is 0 Å². The molecule has 1 saturated heterocycles. The molecule has 132 valence electrons. The van der Waals surface area contributed by atoms with Crippen LogP contribution in [0.1, 0.15) is 33.1 Å². The molecule has 5 N–H and O–H groups in total. The van der Waals surface area contributed by atoms with E-state index in [4.69, 9.17) is 14.6 Å². The third-order valence-electron chi connectivity index (χ3n) is 3.47. The van der Waals surface area contributed by atoms with Gasteiger partial charge in [-0.2, -0.15) is 13.2 Å².